The lowest BCUT2D eigenvalue weighted by atomic mass is 10.1. The van der Waals surface area contributed by atoms with Crippen LogP contribution in [0.4, 0.5) is 5.82 Å². The molecule has 0 atom stereocenters. The van der Waals surface area contributed by atoms with E-state index in [0.717, 1.165) is 55.5 Å². The van der Waals surface area contributed by atoms with Crippen LogP contribution < -0.4 is 10.2 Å². The molecule has 1 aliphatic heterocycles. The molecule has 3 heterocycles. The predicted octanol–water partition coefficient (Wildman–Crippen LogP) is 3.16. The van der Waals surface area contributed by atoms with Crippen LogP contribution in [-0.2, 0) is 17.9 Å². The molecule has 174 valence electrons. The first-order valence-electron chi connectivity index (χ1n) is 11.4. The third-order valence-electron chi connectivity index (χ3n) is 6.07. The summed E-state index contributed by atoms with van der Waals surface area (Å²) in [6, 6.07) is 12.2. The van der Waals surface area contributed by atoms with Gasteiger partial charge < -0.3 is 15.1 Å². The molecule has 1 saturated heterocycles. The van der Waals surface area contributed by atoms with Crippen LogP contribution in [0.1, 0.15) is 24.5 Å². The molecule has 33 heavy (non-hydrogen) atoms. The van der Waals surface area contributed by atoms with E-state index in [9.17, 15) is 4.79 Å². The zero-order valence-electron chi connectivity index (χ0n) is 19.3. The quantitative estimate of drug-likeness (QED) is 0.498. The Kier molecular flexibility index (Phi) is 7.51. The molecule has 8 nitrogen and oxygen atoms in total. The molecule has 0 bridgehead atoms. The van der Waals surface area contributed by atoms with Crippen LogP contribution >= 0.6 is 12.2 Å². The highest BCUT2D eigenvalue weighted by molar-refractivity contribution is 7.71. The van der Waals surface area contributed by atoms with Crippen LogP contribution in [0, 0.1) is 11.7 Å². The Labute approximate surface area is 199 Å². The monoisotopic (exact) mass is 465 g/mol. The van der Waals surface area contributed by atoms with Crippen LogP contribution in [0.2, 0.25) is 0 Å². The van der Waals surface area contributed by atoms with Gasteiger partial charge in [0, 0.05) is 57.4 Å². The molecule has 1 amide bonds. The number of aromatic nitrogens is 4. The molecule has 0 radical (unpaired) electrons. The van der Waals surface area contributed by atoms with Crippen molar-refractivity contribution in [3.8, 4) is 11.4 Å². The molecular weight excluding hydrogens is 434 g/mol. The van der Waals surface area contributed by atoms with E-state index in [2.05, 4.69) is 37.2 Å². The Hall–Kier alpha value is -3.04. The van der Waals surface area contributed by atoms with Gasteiger partial charge in [-0.2, -0.15) is 5.10 Å². The molecule has 0 unspecified atom stereocenters. The average Bonchev–Trinajstić information content (AvgIpc) is 3.22. The summed E-state index contributed by atoms with van der Waals surface area (Å²) >= 11 is 5.37. The molecule has 3 aromatic rings. The van der Waals surface area contributed by atoms with Gasteiger partial charge in [0.2, 0.25) is 5.91 Å². The Morgan fingerprint density at radius 2 is 1.88 bits per heavy atom. The number of aromatic amines is 1. The number of H-pyrrole nitrogens is 1. The third kappa shape index (κ3) is 5.85. The van der Waals surface area contributed by atoms with Crippen molar-refractivity contribution in [2.45, 2.75) is 33.4 Å². The minimum Gasteiger partial charge on any atom is -0.354 e. The number of aryl methyl sites for hydroxylation is 1. The summed E-state index contributed by atoms with van der Waals surface area (Å²) in [5, 5.41) is 10.2. The van der Waals surface area contributed by atoms with Crippen LogP contribution in [-0.4, -0.2) is 63.3 Å². The first-order valence-corrected chi connectivity index (χ1v) is 11.9. The number of rotatable bonds is 8. The standard InChI is InChI=1S/C24H31N7OS/c1-3-29-12-14-30(15-13-29)21-9-6-19(16-25-21)17-26-22(32)10-11-31-23(27-28-24(31)33)20-7-4-18(2)5-8-20/h4-9,16H,3,10-15,17H2,1-2H3,(H,26,32)(H,28,33). The number of anilines is 1. The molecule has 4 rings (SSSR count). The van der Waals surface area contributed by atoms with Crippen LogP contribution in [0.3, 0.4) is 0 Å². The van der Waals surface area contributed by atoms with E-state index < -0.39 is 0 Å². The highest BCUT2D eigenvalue weighted by Crippen LogP contribution is 2.18. The number of hydrogen-bond acceptors (Lipinski definition) is 6. The topological polar surface area (TPSA) is 82.1 Å². The van der Waals surface area contributed by atoms with Crippen molar-refractivity contribution in [3.05, 3.63) is 58.5 Å². The van der Waals surface area contributed by atoms with Gasteiger partial charge in [-0.25, -0.2) is 4.98 Å². The number of carbonyl (C=O) groups excluding carboxylic acids is 1. The molecule has 2 N–H and O–H groups in total. The summed E-state index contributed by atoms with van der Waals surface area (Å²) in [6.45, 7) is 10.4. The molecule has 0 saturated carbocycles. The van der Waals surface area contributed by atoms with Gasteiger partial charge in [0.05, 0.1) is 0 Å². The first kappa shape index (κ1) is 23.1. The fourth-order valence-corrected chi connectivity index (χ4v) is 4.18. The summed E-state index contributed by atoms with van der Waals surface area (Å²) in [6.07, 6.45) is 2.17. The molecule has 1 aliphatic rings. The second-order valence-electron chi connectivity index (χ2n) is 8.34. The maximum Gasteiger partial charge on any atom is 0.222 e. The van der Waals surface area contributed by atoms with Gasteiger partial charge in [-0.3, -0.25) is 14.5 Å². The molecule has 0 aliphatic carbocycles. The normalized spacial score (nSPS) is 14.4. The fraction of sp³-hybridized carbons (Fsp3) is 0.417. The Bertz CT molecular complexity index is 1110. The van der Waals surface area contributed by atoms with E-state index in [1.807, 2.05) is 54.1 Å². The predicted molar refractivity (Wildman–Crippen MR) is 133 cm³/mol. The second kappa shape index (κ2) is 10.7. The third-order valence-corrected chi connectivity index (χ3v) is 6.38. The highest BCUT2D eigenvalue weighted by Gasteiger charge is 2.16. The smallest absolute Gasteiger partial charge is 0.222 e. The van der Waals surface area contributed by atoms with Gasteiger partial charge in [-0.05, 0) is 37.3 Å². The van der Waals surface area contributed by atoms with Crippen molar-refractivity contribution in [2.24, 2.45) is 0 Å². The summed E-state index contributed by atoms with van der Waals surface area (Å²) in [5.41, 5.74) is 3.13. The minimum absolute atomic E-state index is 0.0345. The largest absolute Gasteiger partial charge is 0.354 e. The molecule has 0 spiro atoms. The lowest BCUT2D eigenvalue weighted by molar-refractivity contribution is -0.121. The zero-order chi connectivity index (χ0) is 23.2. The number of carbonyl (C=O) groups is 1. The number of nitrogens with one attached hydrogen (secondary N) is 2. The number of likely N-dealkylation sites (N-methyl/N-ethyl adjacent to an activating group) is 1. The molecule has 9 heteroatoms. The van der Waals surface area contributed by atoms with Crippen LogP contribution in [0.25, 0.3) is 11.4 Å². The minimum atomic E-state index is -0.0345. The van der Waals surface area contributed by atoms with Crippen LogP contribution in [0.15, 0.2) is 42.6 Å². The Morgan fingerprint density at radius 1 is 1.12 bits per heavy atom. The number of pyridine rings is 1. The summed E-state index contributed by atoms with van der Waals surface area (Å²) in [7, 11) is 0. The zero-order valence-corrected chi connectivity index (χ0v) is 20.1. The van der Waals surface area contributed by atoms with Gasteiger partial charge in [0.25, 0.3) is 0 Å². The van der Waals surface area contributed by atoms with Gasteiger partial charge in [-0.15, -0.1) is 0 Å². The number of benzene rings is 1. The van der Waals surface area contributed by atoms with Crippen molar-refractivity contribution >= 4 is 23.9 Å². The number of hydrogen-bond donors (Lipinski definition) is 2. The lowest BCUT2D eigenvalue weighted by Gasteiger charge is -2.34. The van der Waals surface area contributed by atoms with Crippen molar-refractivity contribution in [2.75, 3.05) is 37.6 Å². The number of nitrogens with zero attached hydrogens (tertiary/aromatic N) is 5. The van der Waals surface area contributed by atoms with Gasteiger partial charge >= 0.3 is 0 Å². The fourth-order valence-electron chi connectivity index (χ4n) is 3.95. The maximum atomic E-state index is 12.5. The molecular formula is C24H31N7OS. The molecule has 1 fully saturated rings. The molecule has 1 aromatic carbocycles. The van der Waals surface area contributed by atoms with E-state index in [-0.39, 0.29) is 5.91 Å². The van der Waals surface area contributed by atoms with Crippen molar-refractivity contribution < 1.29 is 4.79 Å². The first-order chi connectivity index (χ1) is 16.0. The van der Waals surface area contributed by atoms with E-state index in [1.54, 1.807) is 0 Å². The van der Waals surface area contributed by atoms with Gasteiger partial charge in [0.1, 0.15) is 5.82 Å². The highest BCUT2D eigenvalue weighted by atomic mass is 32.1. The van der Waals surface area contributed by atoms with E-state index in [0.29, 0.717) is 24.3 Å². The summed E-state index contributed by atoms with van der Waals surface area (Å²) in [5.74, 6) is 1.71. The van der Waals surface area contributed by atoms with Gasteiger partial charge in [-0.1, -0.05) is 42.8 Å². The van der Waals surface area contributed by atoms with Crippen LogP contribution in [0.5, 0.6) is 0 Å². The Morgan fingerprint density at radius 3 is 2.55 bits per heavy atom. The number of amides is 1. The van der Waals surface area contributed by atoms with E-state index >= 15 is 0 Å². The SMILES string of the molecule is CCN1CCN(c2ccc(CNC(=O)CCn3c(-c4ccc(C)cc4)n[nH]c3=S)cn2)CC1. The Balaban J connectivity index is 1.28. The molecule has 2 aromatic heterocycles. The van der Waals surface area contributed by atoms with E-state index in [1.165, 1.54) is 5.56 Å². The van der Waals surface area contributed by atoms with E-state index in [4.69, 9.17) is 12.2 Å². The summed E-state index contributed by atoms with van der Waals surface area (Å²) in [4.78, 5) is 21.8. The summed E-state index contributed by atoms with van der Waals surface area (Å²) < 4.78 is 2.38. The lowest BCUT2D eigenvalue weighted by Crippen LogP contribution is -2.46. The van der Waals surface area contributed by atoms with Crippen molar-refractivity contribution in [3.63, 3.8) is 0 Å². The van der Waals surface area contributed by atoms with Crippen molar-refractivity contribution in [1.82, 2.24) is 30.0 Å². The average molecular weight is 466 g/mol. The van der Waals surface area contributed by atoms with Crippen molar-refractivity contribution in [1.29, 1.82) is 0 Å². The maximum absolute atomic E-state index is 12.5. The number of piperazine rings is 1. The second-order valence-corrected chi connectivity index (χ2v) is 8.73. The van der Waals surface area contributed by atoms with Gasteiger partial charge in [0.15, 0.2) is 10.6 Å².